The summed E-state index contributed by atoms with van der Waals surface area (Å²) in [5.41, 5.74) is 0.0769. The Morgan fingerprint density at radius 2 is 1.88 bits per heavy atom. The third kappa shape index (κ3) is 2.14. The number of fused-ring (bicyclic) bond motifs is 1. The molecule has 1 aromatic carbocycles. The van der Waals surface area contributed by atoms with Crippen LogP contribution < -0.4 is 10.7 Å². The van der Waals surface area contributed by atoms with Crippen LogP contribution in [0.1, 0.15) is 11.3 Å². The van der Waals surface area contributed by atoms with E-state index in [9.17, 15) is 13.2 Å². The number of nitrogens with two attached hydrogens (primary N) is 1. The molecule has 0 aliphatic carbocycles. The Hall–Kier alpha value is -1.89. The van der Waals surface area contributed by atoms with Gasteiger partial charge < -0.3 is 4.84 Å². The highest BCUT2D eigenvalue weighted by molar-refractivity contribution is 5.76. The van der Waals surface area contributed by atoms with Crippen molar-refractivity contribution in [3.8, 4) is 5.88 Å². The predicted molar refractivity (Wildman–Crippen MR) is 54.1 cm³/mol. The minimum Gasteiger partial charge on any atom is -0.389 e. The van der Waals surface area contributed by atoms with Crippen molar-refractivity contribution in [2.75, 3.05) is 0 Å². The van der Waals surface area contributed by atoms with Crippen LogP contribution in [0.2, 0.25) is 0 Å². The van der Waals surface area contributed by atoms with Crippen LogP contribution in [0.3, 0.4) is 0 Å². The molecule has 4 nitrogen and oxygen atoms in total. The summed E-state index contributed by atoms with van der Waals surface area (Å²) in [7, 11) is 0. The van der Waals surface area contributed by atoms with Gasteiger partial charge in [-0.15, -0.1) is 0 Å². The fraction of sp³-hybridized carbons (Fsp3) is 0.200. The molecule has 90 valence electrons. The average Bonchev–Trinajstić information content (AvgIpc) is 2.26. The first-order chi connectivity index (χ1) is 7.91. The maximum atomic E-state index is 12.5. The van der Waals surface area contributed by atoms with Gasteiger partial charge >= 0.3 is 6.18 Å². The largest absolute Gasteiger partial charge is 0.416 e. The summed E-state index contributed by atoms with van der Waals surface area (Å²) >= 11 is 0. The van der Waals surface area contributed by atoms with Gasteiger partial charge in [-0.05, 0) is 25.1 Å². The van der Waals surface area contributed by atoms with Crippen LogP contribution in [-0.2, 0) is 6.18 Å². The van der Waals surface area contributed by atoms with Crippen LogP contribution in [0.25, 0.3) is 11.0 Å². The van der Waals surface area contributed by atoms with Gasteiger partial charge in [0.25, 0.3) is 5.88 Å². The zero-order valence-electron chi connectivity index (χ0n) is 8.75. The van der Waals surface area contributed by atoms with Crippen molar-refractivity contribution in [1.29, 1.82) is 0 Å². The van der Waals surface area contributed by atoms with E-state index in [2.05, 4.69) is 14.8 Å². The van der Waals surface area contributed by atoms with Crippen molar-refractivity contribution in [3.63, 3.8) is 0 Å². The zero-order valence-corrected chi connectivity index (χ0v) is 8.75. The monoisotopic (exact) mass is 243 g/mol. The van der Waals surface area contributed by atoms with E-state index >= 15 is 0 Å². The van der Waals surface area contributed by atoms with Gasteiger partial charge in [-0.25, -0.2) is 9.97 Å². The first kappa shape index (κ1) is 11.6. The minimum atomic E-state index is -4.41. The number of hydrogen-bond acceptors (Lipinski definition) is 4. The molecule has 0 aliphatic heterocycles. The molecule has 0 saturated carbocycles. The molecule has 0 saturated heterocycles. The molecule has 0 fully saturated rings. The van der Waals surface area contributed by atoms with E-state index in [1.165, 1.54) is 6.07 Å². The van der Waals surface area contributed by atoms with Gasteiger partial charge in [0.1, 0.15) is 5.69 Å². The molecule has 7 heteroatoms. The quantitative estimate of drug-likeness (QED) is 0.780. The molecule has 1 aromatic heterocycles. The highest BCUT2D eigenvalue weighted by Gasteiger charge is 2.30. The third-order valence-electron chi connectivity index (χ3n) is 2.23. The number of rotatable bonds is 1. The van der Waals surface area contributed by atoms with Crippen molar-refractivity contribution in [2.45, 2.75) is 13.1 Å². The summed E-state index contributed by atoms with van der Waals surface area (Å²) in [6, 6.07) is 3.13. The number of aromatic nitrogens is 2. The zero-order chi connectivity index (χ0) is 12.6. The predicted octanol–water partition coefficient (Wildman–Crippen LogP) is 2.21. The van der Waals surface area contributed by atoms with E-state index in [0.29, 0.717) is 11.2 Å². The normalized spacial score (nSPS) is 11.8. The number of benzene rings is 1. The van der Waals surface area contributed by atoms with Gasteiger partial charge in [0.15, 0.2) is 0 Å². The second kappa shape index (κ2) is 3.85. The summed E-state index contributed by atoms with van der Waals surface area (Å²) in [6.45, 7) is 1.60. The van der Waals surface area contributed by atoms with Gasteiger partial charge in [0.2, 0.25) is 0 Å². The summed E-state index contributed by atoms with van der Waals surface area (Å²) in [4.78, 5) is 12.3. The standard InChI is InChI=1S/C10H8F3N3O/c1-5-9(17-14)16-8-4-6(10(11,12)13)2-3-7(8)15-5/h2-4H,14H2,1H3. The Morgan fingerprint density at radius 3 is 2.47 bits per heavy atom. The van der Waals surface area contributed by atoms with Gasteiger partial charge in [0, 0.05) is 0 Å². The Balaban J connectivity index is 2.65. The molecule has 0 radical (unpaired) electrons. The smallest absolute Gasteiger partial charge is 0.389 e. The van der Waals surface area contributed by atoms with E-state index in [-0.39, 0.29) is 11.4 Å². The molecule has 17 heavy (non-hydrogen) atoms. The molecular formula is C10H8F3N3O. The molecule has 0 aliphatic rings. The van der Waals surface area contributed by atoms with Crippen LogP contribution in [0, 0.1) is 6.92 Å². The number of alkyl halides is 3. The number of nitrogens with zero attached hydrogens (tertiary/aromatic N) is 2. The van der Waals surface area contributed by atoms with E-state index in [1.807, 2.05) is 0 Å². The Bertz CT molecular complexity index is 568. The molecule has 0 amide bonds. The average molecular weight is 243 g/mol. The maximum Gasteiger partial charge on any atom is 0.416 e. The topological polar surface area (TPSA) is 61.0 Å². The lowest BCUT2D eigenvalue weighted by atomic mass is 10.2. The second-order valence-corrected chi connectivity index (χ2v) is 3.43. The van der Waals surface area contributed by atoms with Crippen molar-refractivity contribution < 1.29 is 18.0 Å². The van der Waals surface area contributed by atoms with Crippen LogP contribution >= 0.6 is 0 Å². The van der Waals surface area contributed by atoms with Gasteiger partial charge in [-0.2, -0.15) is 19.1 Å². The SMILES string of the molecule is Cc1nc2ccc(C(F)(F)F)cc2nc1ON. The van der Waals surface area contributed by atoms with Crippen LogP contribution in [0.5, 0.6) is 5.88 Å². The fourth-order valence-corrected chi connectivity index (χ4v) is 1.41. The molecule has 2 aromatic rings. The lowest BCUT2D eigenvalue weighted by Crippen LogP contribution is -2.08. The molecule has 0 spiro atoms. The fourth-order valence-electron chi connectivity index (χ4n) is 1.41. The van der Waals surface area contributed by atoms with E-state index in [1.54, 1.807) is 6.92 Å². The Kier molecular flexibility index (Phi) is 2.62. The second-order valence-electron chi connectivity index (χ2n) is 3.43. The molecule has 0 bridgehead atoms. The van der Waals surface area contributed by atoms with Crippen LogP contribution in [-0.4, -0.2) is 9.97 Å². The first-order valence-electron chi connectivity index (χ1n) is 4.64. The van der Waals surface area contributed by atoms with E-state index in [0.717, 1.165) is 12.1 Å². The summed E-state index contributed by atoms with van der Waals surface area (Å²) in [5.74, 6) is 4.95. The summed E-state index contributed by atoms with van der Waals surface area (Å²) < 4.78 is 37.4. The van der Waals surface area contributed by atoms with Gasteiger partial charge in [-0.3, -0.25) is 0 Å². The van der Waals surface area contributed by atoms with E-state index in [4.69, 9.17) is 5.90 Å². The summed E-state index contributed by atoms with van der Waals surface area (Å²) in [5, 5.41) is 0. The highest BCUT2D eigenvalue weighted by Crippen LogP contribution is 2.31. The van der Waals surface area contributed by atoms with Gasteiger partial charge in [0.05, 0.1) is 16.6 Å². The van der Waals surface area contributed by atoms with Crippen molar-refractivity contribution in [3.05, 3.63) is 29.5 Å². The van der Waals surface area contributed by atoms with Gasteiger partial charge in [-0.1, -0.05) is 0 Å². The molecule has 2 N–H and O–H groups in total. The van der Waals surface area contributed by atoms with Crippen LogP contribution in [0.15, 0.2) is 18.2 Å². The number of aryl methyl sites for hydroxylation is 1. The molecule has 1 heterocycles. The molecule has 2 rings (SSSR count). The number of halogens is 3. The lowest BCUT2D eigenvalue weighted by Gasteiger charge is -2.08. The minimum absolute atomic E-state index is 0.0109. The maximum absolute atomic E-state index is 12.5. The van der Waals surface area contributed by atoms with Crippen molar-refractivity contribution >= 4 is 11.0 Å². The summed E-state index contributed by atoms with van der Waals surface area (Å²) in [6.07, 6.45) is -4.41. The van der Waals surface area contributed by atoms with Crippen LogP contribution in [0.4, 0.5) is 13.2 Å². The first-order valence-corrected chi connectivity index (χ1v) is 4.64. The number of hydrogen-bond donors (Lipinski definition) is 1. The lowest BCUT2D eigenvalue weighted by molar-refractivity contribution is -0.137. The molecule has 0 atom stereocenters. The Labute approximate surface area is 94.2 Å². The van der Waals surface area contributed by atoms with E-state index < -0.39 is 11.7 Å². The van der Waals surface area contributed by atoms with Crippen molar-refractivity contribution in [2.24, 2.45) is 5.90 Å². The van der Waals surface area contributed by atoms with Crippen molar-refractivity contribution in [1.82, 2.24) is 9.97 Å². The molecular weight excluding hydrogens is 235 g/mol. The third-order valence-corrected chi connectivity index (χ3v) is 2.23. The Morgan fingerprint density at radius 1 is 1.18 bits per heavy atom. The highest BCUT2D eigenvalue weighted by atomic mass is 19.4. The molecule has 0 unspecified atom stereocenters.